The molecule has 2 aromatic heterocycles. The number of anilines is 1. The highest BCUT2D eigenvalue weighted by atomic mass is 16.5. The average molecular weight is 466 g/mol. The molecule has 0 spiro atoms. The van der Waals surface area contributed by atoms with Crippen molar-refractivity contribution in [2.24, 2.45) is 0 Å². The largest absolute Gasteiger partial charge is 0.466 e. The van der Waals surface area contributed by atoms with Crippen LogP contribution in [0.1, 0.15) is 30.2 Å². The average Bonchev–Trinajstić information content (AvgIpc) is 3.31. The summed E-state index contributed by atoms with van der Waals surface area (Å²) < 4.78 is 6.83. The fraction of sp³-hybridized carbons (Fsp3) is 0.458. The molecule has 1 saturated heterocycles. The molecule has 1 N–H and O–H groups in total. The lowest BCUT2D eigenvalue weighted by molar-refractivity contribution is -0.143. The van der Waals surface area contributed by atoms with E-state index in [1.807, 2.05) is 30.0 Å². The maximum Gasteiger partial charge on any atom is 0.317 e. The number of hydrogen-bond donors (Lipinski definition) is 1. The van der Waals surface area contributed by atoms with Gasteiger partial charge in [-0.05, 0) is 32.3 Å². The third-order valence-corrected chi connectivity index (χ3v) is 5.99. The minimum Gasteiger partial charge on any atom is -0.466 e. The van der Waals surface area contributed by atoms with Crippen LogP contribution < -0.4 is 10.2 Å². The number of piperazine rings is 1. The molecule has 10 heteroatoms. The van der Waals surface area contributed by atoms with Crippen LogP contribution in [0.25, 0.3) is 5.78 Å². The number of aryl methyl sites for hydroxylation is 1. The van der Waals surface area contributed by atoms with Crippen LogP contribution in [0, 0.1) is 6.92 Å². The minimum absolute atomic E-state index is 0.0464. The molecule has 0 atom stereocenters. The maximum atomic E-state index is 12.7. The van der Waals surface area contributed by atoms with Gasteiger partial charge < -0.3 is 19.9 Å². The predicted molar refractivity (Wildman–Crippen MR) is 128 cm³/mol. The Morgan fingerprint density at radius 2 is 1.85 bits per heavy atom. The molecule has 180 valence electrons. The molecule has 4 rings (SSSR count). The summed E-state index contributed by atoms with van der Waals surface area (Å²) in [5.74, 6) is 1.17. The zero-order chi connectivity index (χ0) is 23.9. The third-order valence-electron chi connectivity index (χ3n) is 5.99. The van der Waals surface area contributed by atoms with Crippen molar-refractivity contribution in [3.63, 3.8) is 0 Å². The zero-order valence-electron chi connectivity index (χ0n) is 19.7. The van der Waals surface area contributed by atoms with Gasteiger partial charge in [0.05, 0.1) is 6.61 Å². The molecule has 1 aliphatic heterocycles. The molecule has 0 aliphatic carbocycles. The second-order valence-corrected chi connectivity index (χ2v) is 8.22. The van der Waals surface area contributed by atoms with E-state index in [2.05, 4.69) is 37.4 Å². The maximum absolute atomic E-state index is 12.7. The number of fused-ring (bicyclic) bond motifs is 1. The molecule has 0 bridgehead atoms. The van der Waals surface area contributed by atoms with Crippen molar-refractivity contribution >= 4 is 23.6 Å². The number of urea groups is 1. The van der Waals surface area contributed by atoms with Crippen LogP contribution in [0.3, 0.4) is 0 Å². The molecule has 3 heterocycles. The van der Waals surface area contributed by atoms with E-state index in [-0.39, 0.29) is 18.4 Å². The van der Waals surface area contributed by atoms with Gasteiger partial charge in [0.1, 0.15) is 12.1 Å². The Labute approximate surface area is 198 Å². The van der Waals surface area contributed by atoms with Crippen molar-refractivity contribution in [2.75, 3.05) is 44.2 Å². The van der Waals surface area contributed by atoms with E-state index in [1.54, 1.807) is 11.4 Å². The topological polar surface area (TPSA) is 105 Å². The number of nitrogens with zero attached hydrogens (tertiary/aromatic N) is 6. The van der Waals surface area contributed by atoms with Crippen molar-refractivity contribution in [1.29, 1.82) is 0 Å². The second-order valence-electron chi connectivity index (χ2n) is 8.22. The number of aromatic nitrogens is 4. The molecular formula is C24H31N7O3. The predicted octanol–water partition coefficient (Wildman–Crippen LogP) is 2.00. The van der Waals surface area contributed by atoms with Gasteiger partial charge in [-0.3, -0.25) is 4.79 Å². The van der Waals surface area contributed by atoms with Crippen molar-refractivity contribution in [2.45, 2.75) is 33.1 Å². The number of carbonyl (C=O) groups excluding carboxylic acids is 2. The summed E-state index contributed by atoms with van der Waals surface area (Å²) in [7, 11) is 0. The highest BCUT2D eigenvalue weighted by Crippen LogP contribution is 2.26. The number of benzene rings is 1. The lowest BCUT2D eigenvalue weighted by Crippen LogP contribution is -2.52. The molecule has 2 amide bonds. The Kier molecular flexibility index (Phi) is 7.56. The van der Waals surface area contributed by atoms with Gasteiger partial charge in [-0.15, -0.1) is 0 Å². The molecule has 34 heavy (non-hydrogen) atoms. The lowest BCUT2D eigenvalue weighted by Gasteiger charge is -2.37. The van der Waals surface area contributed by atoms with Gasteiger partial charge in [0.15, 0.2) is 0 Å². The number of esters is 1. The highest BCUT2D eigenvalue weighted by molar-refractivity contribution is 5.74. The summed E-state index contributed by atoms with van der Waals surface area (Å²) in [5, 5.41) is 7.40. The van der Waals surface area contributed by atoms with E-state index < -0.39 is 0 Å². The van der Waals surface area contributed by atoms with Crippen LogP contribution in [-0.4, -0.2) is 75.8 Å². The molecule has 1 fully saturated rings. The van der Waals surface area contributed by atoms with Crippen LogP contribution in [0.4, 0.5) is 10.6 Å². The van der Waals surface area contributed by atoms with E-state index in [1.165, 1.54) is 11.9 Å². The first-order valence-corrected chi connectivity index (χ1v) is 11.7. The SMILES string of the molecule is CCOC(=O)CCc1c(C)nc2ncnn2c1N1CCN(C(=O)NCCc2ccccc2)CC1. The molecule has 3 aromatic rings. The number of ether oxygens (including phenoxy) is 1. The summed E-state index contributed by atoms with van der Waals surface area (Å²) >= 11 is 0. The zero-order valence-corrected chi connectivity index (χ0v) is 19.7. The summed E-state index contributed by atoms with van der Waals surface area (Å²) in [4.78, 5) is 37.5. The van der Waals surface area contributed by atoms with Crippen LogP contribution in [0.2, 0.25) is 0 Å². The molecular weight excluding hydrogens is 434 g/mol. The molecule has 0 saturated carbocycles. The van der Waals surface area contributed by atoms with Crippen molar-refractivity contribution in [3.8, 4) is 0 Å². The fourth-order valence-electron chi connectivity index (χ4n) is 4.24. The van der Waals surface area contributed by atoms with E-state index in [9.17, 15) is 9.59 Å². The Hall–Kier alpha value is -3.69. The van der Waals surface area contributed by atoms with Crippen molar-refractivity contribution < 1.29 is 14.3 Å². The monoisotopic (exact) mass is 465 g/mol. The summed E-state index contributed by atoms with van der Waals surface area (Å²) in [6.45, 7) is 7.17. The fourth-order valence-corrected chi connectivity index (χ4v) is 4.24. The number of rotatable bonds is 8. The third kappa shape index (κ3) is 5.44. The van der Waals surface area contributed by atoms with E-state index in [0.717, 1.165) is 23.5 Å². The molecule has 1 aromatic carbocycles. The quantitative estimate of drug-likeness (QED) is 0.507. The van der Waals surface area contributed by atoms with Crippen LogP contribution in [-0.2, 0) is 22.4 Å². The van der Waals surface area contributed by atoms with Gasteiger partial charge in [-0.25, -0.2) is 9.78 Å². The molecule has 1 aliphatic rings. The van der Waals surface area contributed by atoms with Crippen molar-refractivity contribution in [3.05, 3.63) is 53.5 Å². The Bertz CT molecular complexity index is 1120. The van der Waals surface area contributed by atoms with E-state index in [4.69, 9.17) is 4.74 Å². The highest BCUT2D eigenvalue weighted by Gasteiger charge is 2.26. The Morgan fingerprint density at radius 1 is 1.09 bits per heavy atom. The van der Waals surface area contributed by atoms with Gasteiger partial charge in [-0.1, -0.05) is 30.3 Å². The van der Waals surface area contributed by atoms with Gasteiger partial charge in [0.25, 0.3) is 5.78 Å². The van der Waals surface area contributed by atoms with Crippen molar-refractivity contribution in [1.82, 2.24) is 29.8 Å². The van der Waals surface area contributed by atoms with Gasteiger partial charge in [0, 0.05) is 50.4 Å². The molecule has 0 radical (unpaired) electrons. The summed E-state index contributed by atoms with van der Waals surface area (Å²) in [6.07, 6.45) is 3.06. The van der Waals surface area contributed by atoms with Crippen LogP contribution in [0.15, 0.2) is 36.7 Å². The lowest BCUT2D eigenvalue weighted by atomic mass is 10.1. The minimum atomic E-state index is -0.233. The summed E-state index contributed by atoms with van der Waals surface area (Å²) in [5.41, 5.74) is 2.97. The Morgan fingerprint density at radius 3 is 2.59 bits per heavy atom. The van der Waals surface area contributed by atoms with Gasteiger partial charge in [-0.2, -0.15) is 14.6 Å². The second kappa shape index (κ2) is 11.0. The van der Waals surface area contributed by atoms with Gasteiger partial charge in [0.2, 0.25) is 0 Å². The first-order chi connectivity index (χ1) is 16.6. The first kappa shape index (κ1) is 23.5. The number of amides is 2. The number of carbonyl (C=O) groups is 2. The number of hydrogen-bond acceptors (Lipinski definition) is 7. The summed E-state index contributed by atoms with van der Waals surface area (Å²) in [6, 6.07) is 10.1. The normalized spacial score (nSPS) is 13.8. The van der Waals surface area contributed by atoms with E-state index >= 15 is 0 Å². The first-order valence-electron chi connectivity index (χ1n) is 11.7. The van der Waals surface area contributed by atoms with Crippen LogP contribution >= 0.6 is 0 Å². The van der Waals surface area contributed by atoms with Crippen LogP contribution in [0.5, 0.6) is 0 Å². The standard InChI is InChI=1S/C24H31N7O3/c1-3-34-21(32)10-9-20-18(2)28-23-26-17-27-31(23)22(20)29-13-15-30(16-14-29)24(33)25-12-11-19-7-5-4-6-8-19/h4-8,17H,3,9-16H2,1-2H3,(H,25,33). The van der Waals surface area contributed by atoms with E-state index in [0.29, 0.717) is 51.5 Å². The molecule has 0 unspecified atom stereocenters. The Balaban J connectivity index is 1.41. The molecule has 10 nitrogen and oxygen atoms in total. The number of nitrogens with one attached hydrogen (secondary N) is 1. The van der Waals surface area contributed by atoms with Gasteiger partial charge >= 0.3 is 12.0 Å². The smallest absolute Gasteiger partial charge is 0.317 e.